The fourth-order valence-corrected chi connectivity index (χ4v) is 2.68. The number of benzene rings is 1. The second kappa shape index (κ2) is 8.26. The first kappa shape index (κ1) is 16.9. The van der Waals surface area contributed by atoms with Crippen molar-refractivity contribution in [3.05, 3.63) is 34.3 Å². The van der Waals surface area contributed by atoms with Gasteiger partial charge in [0.2, 0.25) is 5.91 Å². The lowest BCUT2D eigenvalue weighted by atomic mass is 10.2. The van der Waals surface area contributed by atoms with E-state index < -0.39 is 6.10 Å². The van der Waals surface area contributed by atoms with Gasteiger partial charge in [0.1, 0.15) is 6.10 Å². The van der Waals surface area contributed by atoms with Gasteiger partial charge in [-0.1, -0.05) is 22.0 Å². The van der Waals surface area contributed by atoms with E-state index in [4.69, 9.17) is 10.5 Å². The van der Waals surface area contributed by atoms with Crippen molar-refractivity contribution in [2.45, 2.75) is 25.0 Å². The molecule has 0 saturated carbocycles. The van der Waals surface area contributed by atoms with Crippen molar-refractivity contribution in [1.29, 1.82) is 0 Å². The largest absolute Gasteiger partial charge is 0.364 e. The van der Waals surface area contributed by atoms with Crippen LogP contribution >= 0.6 is 15.9 Å². The molecule has 1 aromatic rings. The predicted molar refractivity (Wildman–Crippen MR) is 86.4 cm³/mol. The van der Waals surface area contributed by atoms with E-state index in [2.05, 4.69) is 26.6 Å². The molecule has 1 fully saturated rings. The van der Waals surface area contributed by atoms with E-state index in [-0.39, 0.29) is 17.9 Å². The number of amides is 2. The molecule has 2 amide bonds. The molecule has 0 aromatic heterocycles. The Labute approximate surface area is 137 Å². The van der Waals surface area contributed by atoms with Gasteiger partial charge in [0.25, 0.3) is 5.91 Å². The minimum absolute atomic E-state index is 0.0213. The average Bonchev–Trinajstić information content (AvgIpc) is 3.00. The summed E-state index contributed by atoms with van der Waals surface area (Å²) in [5.74, 6) is -0.316. The molecule has 120 valence electrons. The first-order chi connectivity index (χ1) is 10.6. The molecule has 0 unspecified atom stereocenters. The van der Waals surface area contributed by atoms with Crippen LogP contribution in [0.3, 0.4) is 0 Å². The molecule has 22 heavy (non-hydrogen) atoms. The van der Waals surface area contributed by atoms with Gasteiger partial charge in [-0.2, -0.15) is 0 Å². The molecule has 0 aliphatic carbocycles. The number of halogens is 1. The molecule has 1 aliphatic rings. The van der Waals surface area contributed by atoms with E-state index in [0.717, 1.165) is 10.9 Å². The minimum Gasteiger partial charge on any atom is -0.364 e. The molecular weight excluding hydrogens is 350 g/mol. The van der Waals surface area contributed by atoms with Crippen molar-refractivity contribution >= 4 is 27.7 Å². The third-order valence-electron chi connectivity index (χ3n) is 3.46. The lowest BCUT2D eigenvalue weighted by Crippen LogP contribution is -2.40. The second-order valence-corrected chi connectivity index (χ2v) is 6.03. The molecule has 2 atom stereocenters. The quantitative estimate of drug-likeness (QED) is 0.646. The van der Waals surface area contributed by atoms with Crippen LogP contribution in [0.4, 0.5) is 0 Å². The number of hydrogen-bond acceptors (Lipinski definition) is 4. The second-order valence-electron chi connectivity index (χ2n) is 5.12. The summed E-state index contributed by atoms with van der Waals surface area (Å²) in [5, 5.41) is 5.52. The average molecular weight is 370 g/mol. The zero-order valence-electron chi connectivity index (χ0n) is 12.2. The SMILES string of the molecule is NC[C@H]1CC[C@@H](C(=O)NCCNC(=O)c2cccc(Br)c2)O1. The van der Waals surface area contributed by atoms with E-state index in [0.29, 0.717) is 31.6 Å². The summed E-state index contributed by atoms with van der Waals surface area (Å²) in [4.78, 5) is 23.8. The Bertz CT molecular complexity index is 539. The molecule has 1 aliphatic heterocycles. The Hall–Kier alpha value is -1.44. The maximum atomic E-state index is 11.9. The Morgan fingerprint density at radius 2 is 2.05 bits per heavy atom. The number of ether oxygens (including phenoxy) is 1. The number of hydrogen-bond donors (Lipinski definition) is 3. The van der Waals surface area contributed by atoms with Crippen LogP contribution in [0.15, 0.2) is 28.7 Å². The molecule has 6 nitrogen and oxygen atoms in total. The topological polar surface area (TPSA) is 93.5 Å². The summed E-state index contributed by atoms with van der Waals surface area (Å²) in [6, 6.07) is 7.13. The van der Waals surface area contributed by atoms with E-state index in [9.17, 15) is 9.59 Å². The van der Waals surface area contributed by atoms with Crippen molar-refractivity contribution in [2.75, 3.05) is 19.6 Å². The lowest BCUT2D eigenvalue weighted by Gasteiger charge is -2.13. The molecule has 0 radical (unpaired) electrons. The molecule has 0 bridgehead atoms. The fraction of sp³-hybridized carbons (Fsp3) is 0.467. The summed E-state index contributed by atoms with van der Waals surface area (Å²) >= 11 is 3.32. The highest BCUT2D eigenvalue weighted by Gasteiger charge is 2.29. The molecule has 0 spiro atoms. The van der Waals surface area contributed by atoms with E-state index in [1.165, 1.54) is 0 Å². The number of carbonyl (C=O) groups is 2. The van der Waals surface area contributed by atoms with Crippen LogP contribution in [0.25, 0.3) is 0 Å². The maximum Gasteiger partial charge on any atom is 0.251 e. The van der Waals surface area contributed by atoms with Crippen molar-refractivity contribution in [3.63, 3.8) is 0 Å². The van der Waals surface area contributed by atoms with E-state index in [1.807, 2.05) is 6.07 Å². The molecular formula is C15H20BrN3O3. The third kappa shape index (κ3) is 4.79. The van der Waals surface area contributed by atoms with Crippen molar-refractivity contribution in [3.8, 4) is 0 Å². The van der Waals surface area contributed by atoms with Crippen molar-refractivity contribution in [2.24, 2.45) is 5.73 Å². The van der Waals surface area contributed by atoms with Crippen LogP contribution in [-0.2, 0) is 9.53 Å². The normalized spacial score (nSPS) is 20.6. The monoisotopic (exact) mass is 369 g/mol. The van der Waals surface area contributed by atoms with Gasteiger partial charge in [-0.15, -0.1) is 0 Å². The first-order valence-electron chi connectivity index (χ1n) is 7.27. The van der Waals surface area contributed by atoms with Crippen LogP contribution in [0, 0.1) is 0 Å². The van der Waals surface area contributed by atoms with Crippen LogP contribution < -0.4 is 16.4 Å². The van der Waals surface area contributed by atoms with Gasteiger partial charge in [-0.3, -0.25) is 9.59 Å². The van der Waals surface area contributed by atoms with Crippen molar-refractivity contribution < 1.29 is 14.3 Å². The number of rotatable bonds is 6. The summed E-state index contributed by atoms with van der Waals surface area (Å²) in [6.45, 7) is 1.17. The summed E-state index contributed by atoms with van der Waals surface area (Å²) in [6.07, 6.45) is 1.06. The Kier molecular flexibility index (Phi) is 6.35. The highest BCUT2D eigenvalue weighted by atomic mass is 79.9. The van der Waals surface area contributed by atoms with Gasteiger partial charge in [0.15, 0.2) is 0 Å². The summed E-state index contributed by atoms with van der Waals surface area (Å²) < 4.78 is 6.35. The van der Waals surface area contributed by atoms with Gasteiger partial charge in [-0.25, -0.2) is 0 Å². The predicted octanol–water partition coefficient (Wildman–Crippen LogP) is 0.801. The van der Waals surface area contributed by atoms with Gasteiger partial charge >= 0.3 is 0 Å². The summed E-state index contributed by atoms with van der Waals surface area (Å²) in [7, 11) is 0. The minimum atomic E-state index is -0.422. The van der Waals surface area contributed by atoms with Gasteiger partial charge in [0.05, 0.1) is 6.10 Å². The smallest absolute Gasteiger partial charge is 0.251 e. The third-order valence-corrected chi connectivity index (χ3v) is 3.95. The number of nitrogens with one attached hydrogen (secondary N) is 2. The standard InChI is InChI=1S/C15H20BrN3O3/c16-11-3-1-2-10(8-11)14(20)18-6-7-19-15(21)13-5-4-12(9-17)22-13/h1-3,8,12-13H,4-7,9,17H2,(H,18,20)(H,19,21)/t12-,13+/m1/s1. The summed E-state index contributed by atoms with van der Waals surface area (Å²) in [5.41, 5.74) is 6.08. The molecule has 1 saturated heterocycles. The van der Waals surface area contributed by atoms with Crippen molar-refractivity contribution in [1.82, 2.24) is 10.6 Å². The number of carbonyl (C=O) groups excluding carboxylic acids is 2. The Morgan fingerprint density at radius 3 is 2.73 bits per heavy atom. The lowest BCUT2D eigenvalue weighted by molar-refractivity contribution is -0.131. The van der Waals surface area contributed by atoms with Crippen LogP contribution in [0.2, 0.25) is 0 Å². The van der Waals surface area contributed by atoms with Crippen LogP contribution in [0.5, 0.6) is 0 Å². The van der Waals surface area contributed by atoms with Gasteiger partial charge in [0, 0.05) is 29.7 Å². The molecule has 4 N–H and O–H groups in total. The fourth-order valence-electron chi connectivity index (χ4n) is 2.28. The molecule has 1 heterocycles. The molecule has 1 aromatic carbocycles. The van der Waals surface area contributed by atoms with E-state index in [1.54, 1.807) is 18.2 Å². The Morgan fingerprint density at radius 1 is 1.27 bits per heavy atom. The van der Waals surface area contributed by atoms with Gasteiger partial charge < -0.3 is 21.1 Å². The van der Waals surface area contributed by atoms with E-state index >= 15 is 0 Å². The Balaban J connectivity index is 1.67. The zero-order valence-corrected chi connectivity index (χ0v) is 13.8. The first-order valence-corrected chi connectivity index (χ1v) is 8.06. The van der Waals surface area contributed by atoms with Gasteiger partial charge in [-0.05, 0) is 31.0 Å². The number of nitrogens with two attached hydrogens (primary N) is 1. The van der Waals surface area contributed by atoms with Crippen LogP contribution in [-0.4, -0.2) is 43.7 Å². The highest BCUT2D eigenvalue weighted by Crippen LogP contribution is 2.18. The highest BCUT2D eigenvalue weighted by molar-refractivity contribution is 9.10. The molecule has 2 rings (SSSR count). The molecule has 7 heteroatoms. The van der Waals surface area contributed by atoms with Crippen LogP contribution in [0.1, 0.15) is 23.2 Å². The zero-order chi connectivity index (χ0) is 15.9. The maximum absolute atomic E-state index is 11.9.